The molecule has 1 aliphatic heterocycles. The number of quaternary nitrogens is 1. The van der Waals surface area contributed by atoms with Gasteiger partial charge in [0.05, 0.1) is 32.7 Å². The lowest BCUT2D eigenvalue weighted by Crippen LogP contribution is -3.14. The molecule has 4 heteroatoms. The zero-order valence-electron chi connectivity index (χ0n) is 13.3. The highest BCUT2D eigenvalue weighted by Crippen LogP contribution is 2.00. The summed E-state index contributed by atoms with van der Waals surface area (Å²) in [5.74, 6) is 0. The third-order valence-corrected chi connectivity index (χ3v) is 4.22. The topological polar surface area (TPSA) is 19.7 Å². The maximum absolute atomic E-state index is 5.43. The van der Waals surface area contributed by atoms with E-state index in [0.29, 0.717) is 0 Å². The summed E-state index contributed by atoms with van der Waals surface area (Å²) in [6.07, 6.45) is 4.48. The smallest absolute Gasteiger partial charge is 0.169 e. The predicted octanol–water partition coefficient (Wildman–Crippen LogP) is 1.35. The van der Waals surface area contributed by atoms with Gasteiger partial charge in [0.15, 0.2) is 5.11 Å². The average Bonchev–Trinajstić information content (AvgIpc) is 2.54. The van der Waals surface area contributed by atoms with Gasteiger partial charge in [0.25, 0.3) is 0 Å². The summed E-state index contributed by atoms with van der Waals surface area (Å²) in [5, 5.41) is 4.13. The van der Waals surface area contributed by atoms with Crippen LogP contribution in [0.5, 0.6) is 0 Å². The number of rotatable bonds is 5. The molecule has 1 aromatic carbocycles. The molecule has 1 heterocycles. The minimum Gasteiger partial charge on any atom is -0.359 e. The van der Waals surface area contributed by atoms with Crippen LogP contribution in [0.4, 0.5) is 0 Å². The van der Waals surface area contributed by atoms with Crippen LogP contribution in [-0.2, 0) is 0 Å². The Balaban J connectivity index is 1.70. The van der Waals surface area contributed by atoms with Crippen LogP contribution in [0.3, 0.4) is 0 Å². The molecule has 2 rings (SSSR count). The molecule has 1 fully saturated rings. The maximum atomic E-state index is 5.43. The molecular formula is C18H26N3S+. The zero-order valence-corrected chi connectivity index (χ0v) is 14.2. The van der Waals surface area contributed by atoms with Crippen molar-refractivity contribution in [2.24, 2.45) is 0 Å². The monoisotopic (exact) mass is 316 g/mol. The van der Waals surface area contributed by atoms with Crippen molar-refractivity contribution in [3.63, 3.8) is 0 Å². The fourth-order valence-electron chi connectivity index (χ4n) is 2.49. The van der Waals surface area contributed by atoms with E-state index in [9.17, 15) is 0 Å². The molecule has 0 bridgehead atoms. The number of hydrogen-bond acceptors (Lipinski definition) is 1. The quantitative estimate of drug-likeness (QED) is 0.632. The molecule has 0 atom stereocenters. The minimum absolute atomic E-state index is 0.770. The summed E-state index contributed by atoms with van der Waals surface area (Å²) in [5.41, 5.74) is 2.38. The fraction of sp³-hybridized carbons (Fsp3) is 0.389. The van der Waals surface area contributed by atoms with Crippen molar-refractivity contribution in [1.29, 1.82) is 0 Å². The lowest BCUT2D eigenvalue weighted by molar-refractivity contribution is -0.897. The van der Waals surface area contributed by atoms with Gasteiger partial charge in [0.2, 0.25) is 0 Å². The summed E-state index contributed by atoms with van der Waals surface area (Å²) in [6, 6.07) is 10.5. The molecule has 1 saturated heterocycles. The Morgan fingerprint density at radius 2 is 2.00 bits per heavy atom. The van der Waals surface area contributed by atoms with Crippen LogP contribution in [0.2, 0.25) is 0 Å². The third-order valence-electron chi connectivity index (χ3n) is 3.82. The van der Waals surface area contributed by atoms with Gasteiger partial charge >= 0.3 is 0 Å². The van der Waals surface area contributed by atoms with Crippen molar-refractivity contribution in [2.45, 2.75) is 6.92 Å². The first-order chi connectivity index (χ1) is 10.6. The van der Waals surface area contributed by atoms with Crippen molar-refractivity contribution in [1.82, 2.24) is 10.2 Å². The van der Waals surface area contributed by atoms with Crippen LogP contribution in [0.1, 0.15) is 12.5 Å². The van der Waals surface area contributed by atoms with Gasteiger partial charge in [0.1, 0.15) is 0 Å². The molecule has 1 aromatic rings. The Labute approximate surface area is 139 Å². The number of benzene rings is 1. The number of piperazine rings is 1. The van der Waals surface area contributed by atoms with Crippen LogP contribution >= 0.6 is 12.2 Å². The second kappa shape index (κ2) is 8.71. The molecule has 0 radical (unpaired) electrons. The van der Waals surface area contributed by atoms with Gasteiger partial charge in [-0.2, -0.15) is 0 Å². The lowest BCUT2D eigenvalue weighted by atomic mass is 10.2. The molecule has 118 valence electrons. The van der Waals surface area contributed by atoms with Gasteiger partial charge in [-0.1, -0.05) is 48.6 Å². The summed E-state index contributed by atoms with van der Waals surface area (Å²) >= 11 is 5.43. The van der Waals surface area contributed by atoms with E-state index in [1.54, 1.807) is 4.90 Å². The van der Waals surface area contributed by atoms with Crippen LogP contribution < -0.4 is 10.2 Å². The van der Waals surface area contributed by atoms with Crippen molar-refractivity contribution in [3.8, 4) is 0 Å². The van der Waals surface area contributed by atoms with Crippen molar-refractivity contribution in [2.75, 3.05) is 39.3 Å². The Morgan fingerprint density at radius 3 is 2.64 bits per heavy atom. The third kappa shape index (κ3) is 5.62. The van der Waals surface area contributed by atoms with E-state index in [0.717, 1.165) is 50.0 Å². The second-order valence-electron chi connectivity index (χ2n) is 5.87. The van der Waals surface area contributed by atoms with Crippen molar-refractivity contribution < 1.29 is 4.90 Å². The highest BCUT2D eigenvalue weighted by molar-refractivity contribution is 7.80. The second-order valence-corrected chi connectivity index (χ2v) is 6.26. The van der Waals surface area contributed by atoms with E-state index < -0.39 is 0 Å². The molecule has 3 nitrogen and oxygen atoms in total. The van der Waals surface area contributed by atoms with Gasteiger partial charge in [-0.3, -0.25) is 0 Å². The number of nitrogens with one attached hydrogen (secondary N) is 2. The molecule has 0 unspecified atom stereocenters. The van der Waals surface area contributed by atoms with Gasteiger partial charge in [-0.25, -0.2) is 0 Å². The average molecular weight is 316 g/mol. The first-order valence-corrected chi connectivity index (χ1v) is 8.28. The Morgan fingerprint density at radius 1 is 1.32 bits per heavy atom. The molecule has 2 N–H and O–H groups in total. The summed E-state index contributed by atoms with van der Waals surface area (Å²) < 4.78 is 0. The predicted molar refractivity (Wildman–Crippen MR) is 98.0 cm³/mol. The highest BCUT2D eigenvalue weighted by atomic mass is 32.1. The SMILES string of the molecule is C=C(C)CNC(=S)N1CC[NH+](C/C=C/c2ccccc2)CC1. The molecule has 0 saturated carbocycles. The van der Waals surface area contributed by atoms with Crippen LogP contribution in [0.25, 0.3) is 6.08 Å². The van der Waals surface area contributed by atoms with E-state index in [-0.39, 0.29) is 0 Å². The number of nitrogens with zero attached hydrogens (tertiary/aromatic N) is 1. The van der Waals surface area contributed by atoms with E-state index in [1.165, 1.54) is 5.56 Å². The lowest BCUT2D eigenvalue weighted by Gasteiger charge is -2.33. The van der Waals surface area contributed by atoms with Gasteiger partial charge in [-0.15, -0.1) is 0 Å². The van der Waals surface area contributed by atoms with Gasteiger partial charge < -0.3 is 15.1 Å². The minimum atomic E-state index is 0.770. The molecule has 0 amide bonds. The van der Waals surface area contributed by atoms with E-state index in [2.05, 4.69) is 53.2 Å². The first-order valence-electron chi connectivity index (χ1n) is 7.87. The summed E-state index contributed by atoms with van der Waals surface area (Å²) in [4.78, 5) is 3.88. The molecule has 0 aliphatic carbocycles. The Bertz CT molecular complexity index is 516. The normalized spacial score (nSPS) is 16.0. The zero-order chi connectivity index (χ0) is 15.8. The van der Waals surface area contributed by atoms with Crippen molar-refractivity contribution in [3.05, 3.63) is 54.1 Å². The fourth-order valence-corrected chi connectivity index (χ4v) is 2.75. The number of hydrogen-bond donors (Lipinski definition) is 2. The van der Waals surface area contributed by atoms with E-state index >= 15 is 0 Å². The molecule has 0 spiro atoms. The first kappa shape index (κ1) is 16.7. The van der Waals surface area contributed by atoms with E-state index in [4.69, 9.17) is 12.2 Å². The van der Waals surface area contributed by atoms with E-state index in [1.807, 2.05) is 13.0 Å². The number of thiocarbonyl (C=S) groups is 1. The van der Waals surface area contributed by atoms with Gasteiger partial charge in [0, 0.05) is 6.54 Å². The standard InChI is InChI=1S/C18H25N3S/c1-16(2)15-19-18(22)21-13-11-20(12-14-21)10-6-9-17-7-4-3-5-8-17/h3-9H,1,10-15H2,2H3,(H,19,22)/p+1/b9-6+. The molecule has 22 heavy (non-hydrogen) atoms. The molecular weight excluding hydrogens is 290 g/mol. The van der Waals surface area contributed by atoms with Gasteiger partial charge in [-0.05, 0) is 30.8 Å². The molecule has 0 aromatic heterocycles. The highest BCUT2D eigenvalue weighted by Gasteiger charge is 2.20. The van der Waals surface area contributed by atoms with Crippen molar-refractivity contribution >= 4 is 23.4 Å². The Hall–Kier alpha value is -1.65. The van der Waals surface area contributed by atoms with Crippen LogP contribution in [0, 0.1) is 0 Å². The Kier molecular flexibility index (Phi) is 6.62. The van der Waals surface area contributed by atoms with Crippen LogP contribution in [-0.4, -0.2) is 49.3 Å². The summed E-state index contributed by atoms with van der Waals surface area (Å²) in [6.45, 7) is 12.1. The molecule has 1 aliphatic rings. The summed E-state index contributed by atoms with van der Waals surface area (Å²) in [7, 11) is 0. The van der Waals surface area contributed by atoms with Crippen LogP contribution in [0.15, 0.2) is 48.6 Å². The largest absolute Gasteiger partial charge is 0.359 e. The maximum Gasteiger partial charge on any atom is 0.169 e.